The largest absolute Gasteiger partial charge is 0.415 e. The second kappa shape index (κ2) is 9.26. The van der Waals surface area contributed by atoms with Gasteiger partial charge < -0.3 is 9.73 Å². The van der Waals surface area contributed by atoms with Crippen LogP contribution in [0.25, 0.3) is 23.0 Å². The van der Waals surface area contributed by atoms with Gasteiger partial charge >= 0.3 is 0 Å². The van der Waals surface area contributed by atoms with Crippen molar-refractivity contribution in [2.45, 2.75) is 45.4 Å². The lowest BCUT2D eigenvalue weighted by atomic mass is 9.75. The summed E-state index contributed by atoms with van der Waals surface area (Å²) in [6.07, 6.45) is 3.64. The zero-order valence-electron chi connectivity index (χ0n) is 20.1. The molecule has 0 spiro atoms. The van der Waals surface area contributed by atoms with Gasteiger partial charge in [0.15, 0.2) is 0 Å². The minimum absolute atomic E-state index is 0.0619. The van der Waals surface area contributed by atoms with E-state index in [-0.39, 0.29) is 23.6 Å². The highest BCUT2D eigenvalue weighted by Gasteiger charge is 2.33. The fourth-order valence-electron chi connectivity index (χ4n) is 4.73. The van der Waals surface area contributed by atoms with Crippen LogP contribution < -0.4 is 5.32 Å². The van der Waals surface area contributed by atoms with E-state index in [4.69, 9.17) is 21.0 Å². The zero-order valence-corrected chi connectivity index (χ0v) is 20.9. The molecule has 0 saturated heterocycles. The van der Waals surface area contributed by atoms with E-state index in [1.54, 1.807) is 42.2 Å². The second-order valence-electron chi connectivity index (χ2n) is 9.24. The average Bonchev–Trinajstić information content (AvgIpc) is 3.49. The Hall–Kier alpha value is -3.52. The van der Waals surface area contributed by atoms with Gasteiger partial charge in [-0.3, -0.25) is 14.5 Å². The Labute approximate surface area is 208 Å². The Morgan fingerprint density at radius 1 is 1.17 bits per heavy atom. The van der Waals surface area contributed by atoms with Crippen molar-refractivity contribution in [3.05, 3.63) is 64.6 Å². The number of anilines is 1. The monoisotopic (exact) mass is 490 g/mol. The standard InChI is InChI=1S/C26H27ClN6O2/c1-14-5-8-19(23-18(14)9-6-15(2)29-23)16(3)24(34)30-17-7-10-21(27)20(13-17)25-31-32-26(35-25)22-11-12-28-33(22)4/h6-7,9-14,16,19H,5,8H2,1-4H3,(H,30,34)/t14-,16-,19+/m1/s1. The topological polar surface area (TPSA) is 98.7 Å². The molecule has 0 saturated carbocycles. The van der Waals surface area contributed by atoms with E-state index in [1.165, 1.54) is 5.56 Å². The van der Waals surface area contributed by atoms with Crippen molar-refractivity contribution >= 4 is 23.2 Å². The molecule has 35 heavy (non-hydrogen) atoms. The van der Waals surface area contributed by atoms with E-state index < -0.39 is 0 Å². The SMILES string of the molecule is Cc1ccc2c(n1)[C@H]([C@@H](C)C(=O)Nc1ccc(Cl)c(-c3nnc(-c4ccnn4C)o3)c1)CC[C@H]2C. The van der Waals surface area contributed by atoms with Gasteiger partial charge in [0.1, 0.15) is 5.69 Å². The van der Waals surface area contributed by atoms with Crippen LogP contribution >= 0.6 is 11.6 Å². The molecule has 1 aliphatic carbocycles. The Morgan fingerprint density at radius 2 is 1.97 bits per heavy atom. The molecule has 5 rings (SSSR count). The molecule has 3 aromatic heterocycles. The van der Waals surface area contributed by atoms with Crippen LogP contribution in [0.15, 0.2) is 47.0 Å². The highest BCUT2D eigenvalue weighted by atomic mass is 35.5. The van der Waals surface area contributed by atoms with Crippen LogP contribution in [0, 0.1) is 12.8 Å². The van der Waals surface area contributed by atoms with Crippen LogP contribution in [0.4, 0.5) is 5.69 Å². The average molecular weight is 491 g/mol. The van der Waals surface area contributed by atoms with Gasteiger partial charge in [0, 0.05) is 42.2 Å². The van der Waals surface area contributed by atoms with Crippen LogP contribution in [0.3, 0.4) is 0 Å². The van der Waals surface area contributed by atoms with Gasteiger partial charge in [0.05, 0.1) is 10.6 Å². The molecule has 0 aliphatic heterocycles. The molecule has 0 bridgehead atoms. The van der Waals surface area contributed by atoms with E-state index in [2.05, 4.69) is 39.7 Å². The van der Waals surface area contributed by atoms with E-state index in [0.29, 0.717) is 33.8 Å². The van der Waals surface area contributed by atoms with Crippen molar-refractivity contribution in [3.8, 4) is 23.0 Å². The Morgan fingerprint density at radius 3 is 2.74 bits per heavy atom. The lowest BCUT2D eigenvalue weighted by Gasteiger charge is -2.32. The van der Waals surface area contributed by atoms with E-state index >= 15 is 0 Å². The minimum atomic E-state index is -0.241. The van der Waals surface area contributed by atoms with Crippen molar-refractivity contribution in [2.24, 2.45) is 13.0 Å². The first-order valence-corrected chi connectivity index (χ1v) is 12.1. The summed E-state index contributed by atoms with van der Waals surface area (Å²) in [4.78, 5) is 18.1. The Balaban J connectivity index is 1.37. The molecular formula is C26H27ClN6O2. The van der Waals surface area contributed by atoms with Crippen LogP contribution in [-0.2, 0) is 11.8 Å². The highest BCUT2D eigenvalue weighted by molar-refractivity contribution is 6.33. The lowest BCUT2D eigenvalue weighted by molar-refractivity contribution is -0.120. The number of rotatable bonds is 5. The molecule has 0 unspecified atom stereocenters. The smallest absolute Gasteiger partial charge is 0.266 e. The summed E-state index contributed by atoms with van der Waals surface area (Å²) < 4.78 is 7.50. The number of nitrogens with zero attached hydrogens (tertiary/aromatic N) is 5. The quantitative estimate of drug-likeness (QED) is 0.382. The fraction of sp³-hybridized carbons (Fsp3) is 0.346. The maximum atomic E-state index is 13.3. The number of hydrogen-bond acceptors (Lipinski definition) is 6. The summed E-state index contributed by atoms with van der Waals surface area (Å²) >= 11 is 6.44. The number of fused-ring (bicyclic) bond motifs is 1. The summed E-state index contributed by atoms with van der Waals surface area (Å²) in [7, 11) is 1.80. The number of aryl methyl sites for hydroxylation is 2. The molecule has 9 heteroatoms. The first kappa shape index (κ1) is 23.2. The molecule has 8 nitrogen and oxygen atoms in total. The third-order valence-electron chi connectivity index (χ3n) is 6.84. The van der Waals surface area contributed by atoms with E-state index in [0.717, 1.165) is 24.2 Å². The summed E-state index contributed by atoms with van der Waals surface area (Å²) in [6, 6.07) is 11.2. The van der Waals surface area contributed by atoms with Gasteiger partial charge in [-0.15, -0.1) is 10.2 Å². The summed E-state index contributed by atoms with van der Waals surface area (Å²) in [5.41, 5.74) is 5.14. The molecule has 1 amide bonds. The third kappa shape index (κ3) is 4.46. The molecule has 0 fully saturated rings. The van der Waals surface area contributed by atoms with Crippen LogP contribution in [-0.4, -0.2) is 30.9 Å². The number of aromatic nitrogens is 5. The predicted octanol–water partition coefficient (Wildman–Crippen LogP) is 5.75. The summed E-state index contributed by atoms with van der Waals surface area (Å²) in [5, 5.41) is 15.9. The van der Waals surface area contributed by atoms with Gasteiger partial charge in [-0.1, -0.05) is 31.5 Å². The molecule has 1 N–H and O–H groups in total. The van der Waals surface area contributed by atoms with Gasteiger partial charge in [-0.25, -0.2) is 0 Å². The van der Waals surface area contributed by atoms with Crippen molar-refractivity contribution in [2.75, 3.05) is 5.32 Å². The molecule has 4 aromatic rings. The number of hydrogen-bond donors (Lipinski definition) is 1. The van der Waals surface area contributed by atoms with Gasteiger partial charge in [0.25, 0.3) is 5.89 Å². The molecule has 0 radical (unpaired) electrons. The van der Waals surface area contributed by atoms with E-state index in [1.807, 2.05) is 13.8 Å². The molecule has 3 heterocycles. The fourth-order valence-corrected chi connectivity index (χ4v) is 4.93. The number of pyridine rings is 1. The first-order valence-electron chi connectivity index (χ1n) is 11.7. The van der Waals surface area contributed by atoms with Crippen molar-refractivity contribution in [3.63, 3.8) is 0 Å². The maximum absolute atomic E-state index is 13.3. The Bertz CT molecular complexity index is 1390. The van der Waals surface area contributed by atoms with Crippen molar-refractivity contribution in [1.82, 2.24) is 25.0 Å². The molecular weight excluding hydrogens is 464 g/mol. The number of carbonyl (C=O) groups is 1. The van der Waals surface area contributed by atoms with Crippen LogP contribution in [0.2, 0.25) is 5.02 Å². The summed E-state index contributed by atoms with van der Waals surface area (Å²) in [5.74, 6) is 0.833. The lowest BCUT2D eigenvalue weighted by Crippen LogP contribution is -2.29. The van der Waals surface area contributed by atoms with Crippen molar-refractivity contribution in [1.29, 1.82) is 0 Å². The molecule has 3 atom stereocenters. The summed E-state index contributed by atoms with van der Waals surface area (Å²) in [6.45, 7) is 6.19. The third-order valence-corrected chi connectivity index (χ3v) is 7.17. The van der Waals surface area contributed by atoms with Gasteiger partial charge in [0.2, 0.25) is 11.8 Å². The van der Waals surface area contributed by atoms with Gasteiger partial charge in [-0.05, 0) is 61.6 Å². The minimum Gasteiger partial charge on any atom is -0.415 e. The van der Waals surface area contributed by atoms with E-state index in [9.17, 15) is 4.79 Å². The van der Waals surface area contributed by atoms with Gasteiger partial charge in [-0.2, -0.15) is 5.10 Å². The number of halogens is 1. The Kier molecular flexibility index (Phi) is 6.15. The molecule has 1 aromatic carbocycles. The number of carbonyl (C=O) groups excluding carboxylic acids is 1. The normalized spacial score (nSPS) is 18.2. The van der Waals surface area contributed by atoms with Crippen LogP contribution in [0.1, 0.15) is 55.5 Å². The molecule has 180 valence electrons. The number of amides is 1. The predicted molar refractivity (Wildman–Crippen MR) is 134 cm³/mol. The zero-order chi connectivity index (χ0) is 24.7. The number of benzene rings is 1. The highest BCUT2D eigenvalue weighted by Crippen LogP contribution is 2.42. The molecule has 1 aliphatic rings. The first-order chi connectivity index (χ1) is 16.8. The maximum Gasteiger partial charge on any atom is 0.266 e. The van der Waals surface area contributed by atoms with Crippen LogP contribution in [0.5, 0.6) is 0 Å². The van der Waals surface area contributed by atoms with Crippen molar-refractivity contribution < 1.29 is 9.21 Å². The second-order valence-corrected chi connectivity index (χ2v) is 9.64. The number of nitrogens with one attached hydrogen (secondary N) is 1.